The van der Waals surface area contributed by atoms with Crippen molar-refractivity contribution >= 4 is 11.8 Å². The molecule has 1 aliphatic carbocycles. The number of hydrogen-bond acceptors (Lipinski definition) is 4. The van der Waals surface area contributed by atoms with Gasteiger partial charge in [-0.05, 0) is 61.8 Å². The number of hydrogen-bond donors (Lipinski definition) is 1. The number of pyridine rings is 1. The second kappa shape index (κ2) is 7.18. The zero-order chi connectivity index (χ0) is 19.0. The molecule has 1 aromatic heterocycles. The van der Waals surface area contributed by atoms with E-state index in [0.717, 1.165) is 49.2 Å². The predicted octanol–water partition coefficient (Wildman–Crippen LogP) is 4.15. The molecule has 1 aromatic carbocycles. The number of carboxylic acid groups (broad SMARTS) is 1. The van der Waals surface area contributed by atoms with Crippen LogP contribution in [-0.4, -0.2) is 35.3 Å². The molecule has 1 saturated carbocycles. The average Bonchev–Trinajstić information content (AvgIpc) is 3.47. The quantitative estimate of drug-likeness (QED) is 0.857. The first-order chi connectivity index (χ1) is 13.0. The molecule has 6 heteroatoms. The van der Waals surface area contributed by atoms with Crippen LogP contribution >= 0.6 is 0 Å². The van der Waals surface area contributed by atoms with Crippen LogP contribution in [0.15, 0.2) is 30.5 Å². The van der Waals surface area contributed by atoms with Gasteiger partial charge in [0.15, 0.2) is 0 Å². The van der Waals surface area contributed by atoms with Crippen molar-refractivity contribution in [1.29, 1.82) is 0 Å². The number of aryl methyl sites for hydroxylation is 1. The zero-order valence-electron chi connectivity index (χ0n) is 15.3. The number of benzene rings is 1. The third-order valence-electron chi connectivity index (χ3n) is 5.24. The first-order valence-corrected chi connectivity index (χ1v) is 9.42. The van der Waals surface area contributed by atoms with Gasteiger partial charge in [-0.1, -0.05) is 6.07 Å². The minimum atomic E-state index is -1.24. The lowest BCUT2D eigenvalue weighted by Crippen LogP contribution is -2.41. The fourth-order valence-electron chi connectivity index (χ4n) is 3.62. The van der Waals surface area contributed by atoms with Gasteiger partial charge in [-0.25, -0.2) is 14.2 Å². The number of rotatable bonds is 5. The van der Waals surface area contributed by atoms with Gasteiger partial charge < -0.3 is 14.7 Å². The molecule has 0 bridgehead atoms. The second-order valence-corrected chi connectivity index (χ2v) is 7.47. The molecular weight excluding hydrogens is 347 g/mol. The van der Waals surface area contributed by atoms with E-state index in [-0.39, 0.29) is 17.6 Å². The fourth-order valence-corrected chi connectivity index (χ4v) is 3.62. The van der Waals surface area contributed by atoms with Crippen LogP contribution in [0.25, 0.3) is 0 Å². The second-order valence-electron chi connectivity index (χ2n) is 7.47. The molecule has 0 unspecified atom stereocenters. The van der Waals surface area contributed by atoms with Crippen molar-refractivity contribution in [3.05, 3.63) is 53.0 Å². The molecule has 5 nitrogen and oxygen atoms in total. The summed E-state index contributed by atoms with van der Waals surface area (Å²) in [7, 11) is 0. The van der Waals surface area contributed by atoms with Crippen molar-refractivity contribution in [2.24, 2.45) is 0 Å². The molecule has 4 rings (SSSR count). The number of carbonyl (C=O) groups is 1. The van der Waals surface area contributed by atoms with Crippen LogP contribution in [0.4, 0.5) is 10.2 Å². The molecule has 2 aliphatic rings. The summed E-state index contributed by atoms with van der Waals surface area (Å²) in [6.07, 6.45) is 5.61. The van der Waals surface area contributed by atoms with Gasteiger partial charge in [-0.15, -0.1) is 0 Å². The van der Waals surface area contributed by atoms with Crippen LogP contribution < -0.4 is 9.64 Å². The smallest absolute Gasteiger partial charge is 0.338 e. The Bertz CT molecular complexity index is 849. The van der Waals surface area contributed by atoms with E-state index >= 15 is 0 Å². The third kappa shape index (κ3) is 3.89. The van der Waals surface area contributed by atoms with Crippen LogP contribution in [0.3, 0.4) is 0 Å². The Morgan fingerprint density at radius 3 is 2.78 bits per heavy atom. The minimum absolute atomic E-state index is 0.0746. The monoisotopic (exact) mass is 370 g/mol. The van der Waals surface area contributed by atoms with E-state index in [9.17, 15) is 14.3 Å². The highest BCUT2D eigenvalue weighted by molar-refractivity contribution is 5.88. The largest absolute Gasteiger partial charge is 0.488 e. The topological polar surface area (TPSA) is 62.7 Å². The third-order valence-corrected chi connectivity index (χ3v) is 5.24. The van der Waals surface area contributed by atoms with Gasteiger partial charge in [0.05, 0.1) is 12.1 Å². The SMILES string of the molecule is Cc1ccc(N2CCC[C@@H](Oc3cc(F)c(C(=O)O)cc3C3CC3)C2)nc1. The number of nitrogens with zero attached hydrogens (tertiary/aromatic N) is 2. The molecule has 2 fully saturated rings. The number of aromatic carboxylic acids is 1. The maximum atomic E-state index is 14.2. The summed E-state index contributed by atoms with van der Waals surface area (Å²) in [5, 5.41) is 9.19. The van der Waals surface area contributed by atoms with Crippen molar-refractivity contribution < 1.29 is 19.0 Å². The molecule has 0 radical (unpaired) electrons. The molecule has 1 atom stereocenters. The van der Waals surface area contributed by atoms with E-state index in [2.05, 4.69) is 9.88 Å². The normalized spacial score (nSPS) is 19.8. The Kier molecular flexibility index (Phi) is 4.72. The first kappa shape index (κ1) is 17.8. The first-order valence-electron chi connectivity index (χ1n) is 9.42. The molecular formula is C21H23FN2O3. The molecule has 142 valence electrons. The van der Waals surface area contributed by atoms with Crippen molar-refractivity contribution in [3.63, 3.8) is 0 Å². The standard InChI is InChI=1S/C21H23FN2O3/c1-13-4-7-20(23-11-13)24-8-2-3-15(12-24)27-19-10-18(22)17(21(25)26)9-16(19)14-5-6-14/h4,7,9-11,14-15H,2-3,5-6,8,12H2,1H3,(H,25,26)/t15-/m1/s1. The van der Waals surface area contributed by atoms with Gasteiger partial charge >= 0.3 is 5.97 Å². The highest BCUT2D eigenvalue weighted by Gasteiger charge is 2.31. The van der Waals surface area contributed by atoms with Crippen LogP contribution in [-0.2, 0) is 0 Å². The fraction of sp³-hybridized carbons (Fsp3) is 0.429. The zero-order valence-corrected chi connectivity index (χ0v) is 15.3. The molecule has 27 heavy (non-hydrogen) atoms. The Morgan fingerprint density at radius 2 is 2.11 bits per heavy atom. The summed E-state index contributed by atoms with van der Waals surface area (Å²) in [5.41, 5.74) is 1.66. The van der Waals surface area contributed by atoms with E-state index in [4.69, 9.17) is 4.74 Å². The number of ether oxygens (including phenoxy) is 1. The van der Waals surface area contributed by atoms with E-state index in [1.54, 1.807) is 0 Å². The Labute approximate surface area is 157 Å². The van der Waals surface area contributed by atoms with Crippen molar-refractivity contribution in [3.8, 4) is 5.75 Å². The molecule has 1 N–H and O–H groups in total. The van der Waals surface area contributed by atoms with Crippen LogP contribution in [0.2, 0.25) is 0 Å². The number of piperidine rings is 1. The Hall–Kier alpha value is -2.63. The van der Waals surface area contributed by atoms with Gasteiger partial charge in [-0.2, -0.15) is 0 Å². The molecule has 2 aromatic rings. The number of anilines is 1. The van der Waals surface area contributed by atoms with Crippen molar-refractivity contribution in [2.75, 3.05) is 18.0 Å². The summed E-state index contributed by atoms with van der Waals surface area (Å²) < 4.78 is 20.4. The molecule has 1 saturated heterocycles. The van der Waals surface area contributed by atoms with E-state index in [0.29, 0.717) is 12.3 Å². The molecule has 1 aliphatic heterocycles. The van der Waals surface area contributed by atoms with Gasteiger partial charge in [0.1, 0.15) is 23.5 Å². The van der Waals surface area contributed by atoms with E-state index < -0.39 is 11.8 Å². The summed E-state index contributed by atoms with van der Waals surface area (Å²) in [4.78, 5) is 17.9. The van der Waals surface area contributed by atoms with Crippen molar-refractivity contribution in [1.82, 2.24) is 4.98 Å². The van der Waals surface area contributed by atoms with E-state index in [1.165, 1.54) is 12.1 Å². The van der Waals surface area contributed by atoms with Crippen molar-refractivity contribution in [2.45, 2.75) is 44.6 Å². The Balaban J connectivity index is 1.54. The minimum Gasteiger partial charge on any atom is -0.488 e. The number of aromatic nitrogens is 1. The lowest BCUT2D eigenvalue weighted by atomic mass is 10.0. The summed E-state index contributed by atoms with van der Waals surface area (Å²) >= 11 is 0. The lowest BCUT2D eigenvalue weighted by Gasteiger charge is -2.34. The number of carboxylic acids is 1. The highest BCUT2D eigenvalue weighted by Crippen LogP contribution is 2.45. The molecule has 0 spiro atoms. The van der Waals surface area contributed by atoms with Crippen LogP contribution in [0, 0.1) is 12.7 Å². The Morgan fingerprint density at radius 1 is 1.30 bits per heavy atom. The van der Waals surface area contributed by atoms with Crippen LogP contribution in [0.1, 0.15) is 53.1 Å². The van der Waals surface area contributed by atoms with Gasteiger partial charge in [0, 0.05) is 18.8 Å². The van der Waals surface area contributed by atoms with Crippen LogP contribution in [0.5, 0.6) is 5.75 Å². The predicted molar refractivity (Wildman–Crippen MR) is 100 cm³/mol. The average molecular weight is 370 g/mol. The molecule has 2 heterocycles. The maximum absolute atomic E-state index is 14.2. The molecule has 0 amide bonds. The van der Waals surface area contributed by atoms with Gasteiger partial charge in [0.25, 0.3) is 0 Å². The maximum Gasteiger partial charge on any atom is 0.338 e. The lowest BCUT2D eigenvalue weighted by molar-refractivity contribution is 0.0691. The summed E-state index contributed by atoms with van der Waals surface area (Å²) in [6.45, 7) is 3.60. The summed E-state index contributed by atoms with van der Waals surface area (Å²) in [6, 6.07) is 6.75. The highest BCUT2D eigenvalue weighted by atomic mass is 19.1. The van der Waals surface area contributed by atoms with Gasteiger partial charge in [0.2, 0.25) is 0 Å². The van der Waals surface area contributed by atoms with E-state index in [1.807, 2.05) is 25.3 Å². The number of halogens is 1. The van der Waals surface area contributed by atoms with Gasteiger partial charge in [-0.3, -0.25) is 0 Å². The summed E-state index contributed by atoms with van der Waals surface area (Å²) in [5.74, 6) is -0.297.